The number of para-hydroxylation sites is 1. The van der Waals surface area contributed by atoms with Crippen molar-refractivity contribution < 1.29 is 14.3 Å². The van der Waals surface area contributed by atoms with Gasteiger partial charge in [-0.1, -0.05) is 43.0 Å². The monoisotopic (exact) mass is 551 g/mol. The van der Waals surface area contributed by atoms with Crippen LogP contribution in [0.15, 0.2) is 66.2 Å². The van der Waals surface area contributed by atoms with E-state index in [2.05, 4.69) is 27.5 Å². The minimum atomic E-state index is -0.586. The summed E-state index contributed by atoms with van der Waals surface area (Å²) in [6, 6.07) is 14.8. The number of hydrogen-bond acceptors (Lipinski definition) is 4. The van der Waals surface area contributed by atoms with Gasteiger partial charge in [0.1, 0.15) is 12.4 Å². The van der Waals surface area contributed by atoms with Gasteiger partial charge in [0.15, 0.2) is 5.96 Å². The van der Waals surface area contributed by atoms with E-state index in [1.54, 1.807) is 18.2 Å². The van der Waals surface area contributed by atoms with E-state index < -0.39 is 5.91 Å². The molecule has 2 rings (SSSR count). The van der Waals surface area contributed by atoms with Crippen LogP contribution >= 0.6 is 24.0 Å². The molecule has 0 aromatic heterocycles. The van der Waals surface area contributed by atoms with Crippen molar-refractivity contribution in [3.05, 3.63) is 77.9 Å². The van der Waals surface area contributed by atoms with Gasteiger partial charge in [-0.25, -0.2) is 4.99 Å². The summed E-state index contributed by atoms with van der Waals surface area (Å²) in [5.74, 6) is 0.541. The van der Waals surface area contributed by atoms with Crippen molar-refractivity contribution >= 4 is 41.8 Å². The molecule has 0 spiro atoms. The maximum absolute atomic E-state index is 11.9. The fraction of sp³-hybridized carbons (Fsp3) is 0.261. The molecule has 0 fully saturated rings. The number of primary amides is 1. The van der Waals surface area contributed by atoms with Crippen LogP contribution < -0.4 is 26.4 Å². The van der Waals surface area contributed by atoms with Gasteiger partial charge in [-0.05, 0) is 30.7 Å². The number of guanidine groups is 1. The van der Waals surface area contributed by atoms with Gasteiger partial charge >= 0.3 is 0 Å². The molecule has 5 N–H and O–H groups in total. The van der Waals surface area contributed by atoms with Gasteiger partial charge in [0.25, 0.3) is 5.91 Å². The molecule has 0 heterocycles. The van der Waals surface area contributed by atoms with Gasteiger partial charge < -0.3 is 26.4 Å². The average molecular weight is 551 g/mol. The summed E-state index contributed by atoms with van der Waals surface area (Å²) in [4.78, 5) is 27.3. The van der Waals surface area contributed by atoms with Crippen LogP contribution in [0.4, 0.5) is 0 Å². The predicted molar refractivity (Wildman–Crippen MR) is 137 cm³/mol. The van der Waals surface area contributed by atoms with Crippen LogP contribution in [0.2, 0.25) is 0 Å². The number of nitrogens with two attached hydrogens (primary N) is 1. The number of hydrogen-bond donors (Lipinski definition) is 4. The molecule has 0 aliphatic carbocycles. The standard InChI is InChI=1S/C23H29N5O3.HI/c1-3-13-31-20-8-6-5-7-19(20)15-28-23(25-4-2)27-14-17-9-11-18(12-10-17)22(30)26-16-21(24)29;/h3,5-12H,1,4,13-16H2,2H3,(H2,24,29)(H,26,30)(H2,25,27,28);1H. The first-order valence-electron chi connectivity index (χ1n) is 10.0. The SMILES string of the molecule is C=CCOc1ccccc1CNC(=NCc1ccc(C(=O)NCC(N)=O)cc1)NCC.I. The topological polar surface area (TPSA) is 118 Å². The second kappa shape index (κ2) is 14.8. The van der Waals surface area contributed by atoms with Crippen molar-refractivity contribution in [3.63, 3.8) is 0 Å². The lowest BCUT2D eigenvalue weighted by Gasteiger charge is -2.14. The lowest BCUT2D eigenvalue weighted by molar-refractivity contribution is -0.117. The van der Waals surface area contributed by atoms with Crippen molar-refractivity contribution in [2.45, 2.75) is 20.0 Å². The molecule has 0 unspecified atom stereocenters. The number of rotatable bonds is 11. The lowest BCUT2D eigenvalue weighted by atomic mass is 10.1. The maximum atomic E-state index is 11.9. The second-order valence-electron chi connectivity index (χ2n) is 6.60. The fourth-order valence-electron chi connectivity index (χ4n) is 2.66. The molecule has 172 valence electrons. The van der Waals surface area contributed by atoms with E-state index in [0.29, 0.717) is 31.2 Å². The zero-order valence-corrected chi connectivity index (χ0v) is 20.4. The van der Waals surface area contributed by atoms with E-state index >= 15 is 0 Å². The molecule has 8 nitrogen and oxygen atoms in total. The number of nitrogens with zero attached hydrogens (tertiary/aromatic N) is 1. The molecular formula is C23H30IN5O3. The lowest BCUT2D eigenvalue weighted by Crippen LogP contribution is -2.36. The van der Waals surface area contributed by atoms with E-state index in [4.69, 9.17) is 10.5 Å². The first-order chi connectivity index (χ1) is 15.0. The van der Waals surface area contributed by atoms with Gasteiger partial charge in [0.05, 0.1) is 13.1 Å². The Hall–Kier alpha value is -3.08. The molecule has 9 heteroatoms. The summed E-state index contributed by atoms with van der Waals surface area (Å²) < 4.78 is 5.69. The number of carbonyl (C=O) groups excluding carboxylic acids is 2. The molecular weight excluding hydrogens is 521 g/mol. The average Bonchev–Trinajstić information content (AvgIpc) is 2.78. The third-order valence-corrected chi connectivity index (χ3v) is 4.18. The van der Waals surface area contributed by atoms with E-state index in [0.717, 1.165) is 23.4 Å². The van der Waals surface area contributed by atoms with Crippen molar-refractivity contribution in [3.8, 4) is 5.75 Å². The normalized spacial score (nSPS) is 10.5. The van der Waals surface area contributed by atoms with E-state index in [1.807, 2.05) is 43.3 Å². The third kappa shape index (κ3) is 9.38. The van der Waals surface area contributed by atoms with E-state index in [-0.39, 0.29) is 36.4 Å². The largest absolute Gasteiger partial charge is 0.489 e. The van der Waals surface area contributed by atoms with Crippen LogP contribution in [-0.4, -0.2) is 37.5 Å². The Morgan fingerprint density at radius 1 is 1.09 bits per heavy atom. The molecule has 0 atom stereocenters. The minimum absolute atomic E-state index is 0. The van der Waals surface area contributed by atoms with Gasteiger partial charge in [-0.2, -0.15) is 0 Å². The molecule has 0 aliphatic rings. The summed E-state index contributed by atoms with van der Waals surface area (Å²) in [6.45, 7) is 7.64. The molecule has 0 radical (unpaired) electrons. The predicted octanol–water partition coefficient (Wildman–Crippen LogP) is 2.34. The van der Waals surface area contributed by atoms with Crippen LogP contribution in [0.1, 0.15) is 28.4 Å². The molecule has 0 bridgehead atoms. The highest BCUT2D eigenvalue weighted by molar-refractivity contribution is 14.0. The van der Waals surface area contributed by atoms with Crippen molar-refractivity contribution in [2.75, 3.05) is 19.7 Å². The van der Waals surface area contributed by atoms with Crippen molar-refractivity contribution in [1.82, 2.24) is 16.0 Å². The Kier molecular flexibility index (Phi) is 12.5. The van der Waals surface area contributed by atoms with Crippen molar-refractivity contribution in [2.24, 2.45) is 10.7 Å². The molecule has 2 aromatic rings. The van der Waals surface area contributed by atoms with Crippen LogP contribution in [0.5, 0.6) is 5.75 Å². The Morgan fingerprint density at radius 3 is 2.47 bits per heavy atom. The Labute approximate surface area is 205 Å². The first-order valence-corrected chi connectivity index (χ1v) is 10.0. The Balaban J connectivity index is 0.00000512. The van der Waals surface area contributed by atoms with Gasteiger partial charge in [0, 0.05) is 24.2 Å². The number of nitrogens with one attached hydrogen (secondary N) is 3. The summed E-state index contributed by atoms with van der Waals surface area (Å²) in [5.41, 5.74) is 7.45. The number of carbonyl (C=O) groups is 2. The highest BCUT2D eigenvalue weighted by atomic mass is 127. The molecule has 2 aromatic carbocycles. The Bertz CT molecular complexity index is 916. The summed E-state index contributed by atoms with van der Waals surface area (Å²) in [6.07, 6.45) is 1.71. The highest BCUT2D eigenvalue weighted by Gasteiger charge is 2.07. The van der Waals surface area contributed by atoms with Crippen LogP contribution in [-0.2, 0) is 17.9 Å². The van der Waals surface area contributed by atoms with E-state index in [1.165, 1.54) is 0 Å². The first kappa shape index (κ1) is 27.0. The quantitative estimate of drug-likeness (QED) is 0.148. The number of amides is 2. The van der Waals surface area contributed by atoms with Crippen LogP contribution in [0.3, 0.4) is 0 Å². The third-order valence-electron chi connectivity index (χ3n) is 4.18. The number of aliphatic imine (C=N–C) groups is 1. The number of ether oxygens (including phenoxy) is 1. The zero-order valence-electron chi connectivity index (χ0n) is 18.1. The van der Waals surface area contributed by atoms with E-state index in [9.17, 15) is 9.59 Å². The molecule has 32 heavy (non-hydrogen) atoms. The number of benzene rings is 2. The maximum Gasteiger partial charge on any atom is 0.251 e. The fourth-order valence-corrected chi connectivity index (χ4v) is 2.66. The molecule has 0 aliphatic heterocycles. The summed E-state index contributed by atoms with van der Waals surface area (Å²) in [7, 11) is 0. The molecule has 0 saturated heterocycles. The second-order valence-corrected chi connectivity index (χ2v) is 6.60. The molecule has 0 saturated carbocycles. The molecule has 2 amide bonds. The van der Waals surface area contributed by atoms with Crippen LogP contribution in [0, 0.1) is 0 Å². The van der Waals surface area contributed by atoms with Crippen molar-refractivity contribution in [1.29, 1.82) is 0 Å². The van der Waals surface area contributed by atoms with Gasteiger partial charge in [-0.15, -0.1) is 24.0 Å². The summed E-state index contributed by atoms with van der Waals surface area (Å²) >= 11 is 0. The smallest absolute Gasteiger partial charge is 0.251 e. The Morgan fingerprint density at radius 2 is 1.81 bits per heavy atom. The van der Waals surface area contributed by atoms with Gasteiger partial charge in [-0.3, -0.25) is 9.59 Å². The number of halogens is 1. The minimum Gasteiger partial charge on any atom is -0.489 e. The van der Waals surface area contributed by atoms with Crippen LogP contribution in [0.25, 0.3) is 0 Å². The summed E-state index contributed by atoms with van der Waals surface area (Å²) in [5, 5.41) is 8.98. The van der Waals surface area contributed by atoms with Gasteiger partial charge in [0.2, 0.25) is 5.91 Å². The zero-order chi connectivity index (χ0) is 22.5. The highest BCUT2D eigenvalue weighted by Crippen LogP contribution is 2.17.